The molecule has 26 heavy (non-hydrogen) atoms. The molecule has 2 aromatic carbocycles. The molecule has 0 unspecified atom stereocenters. The maximum absolute atomic E-state index is 13.7. The predicted octanol–water partition coefficient (Wildman–Crippen LogP) is 3.78. The fraction of sp³-hybridized carbons (Fsp3) is 0.350. The van der Waals surface area contributed by atoms with Crippen LogP contribution in [0.15, 0.2) is 42.5 Å². The van der Waals surface area contributed by atoms with Gasteiger partial charge in [-0.3, -0.25) is 4.79 Å². The highest BCUT2D eigenvalue weighted by atomic mass is 19.2. The molecule has 0 radical (unpaired) electrons. The summed E-state index contributed by atoms with van der Waals surface area (Å²) in [5.74, 6) is -4.33. The molecule has 0 fully saturated rings. The van der Waals surface area contributed by atoms with Crippen molar-refractivity contribution in [2.24, 2.45) is 5.92 Å². The maximum Gasteiger partial charge on any atom is 0.282 e. The van der Waals surface area contributed by atoms with Crippen LogP contribution in [0.1, 0.15) is 38.8 Å². The van der Waals surface area contributed by atoms with Gasteiger partial charge in [-0.25, -0.2) is 13.2 Å². The highest BCUT2D eigenvalue weighted by molar-refractivity contribution is 5.93. The first-order chi connectivity index (χ1) is 12.3. The summed E-state index contributed by atoms with van der Waals surface area (Å²) in [4.78, 5) is 12.4. The number of carbonyl (C=O) groups excluding carboxylic acids is 1. The molecule has 0 aromatic heterocycles. The summed E-state index contributed by atoms with van der Waals surface area (Å²) < 4.78 is 40.1. The van der Waals surface area contributed by atoms with Crippen LogP contribution in [-0.2, 0) is 4.79 Å². The zero-order valence-electron chi connectivity index (χ0n) is 15.1. The minimum atomic E-state index is -1.60. The summed E-state index contributed by atoms with van der Waals surface area (Å²) in [6.07, 6.45) is 0.862. The molecule has 140 valence electrons. The van der Waals surface area contributed by atoms with E-state index in [-0.39, 0.29) is 11.7 Å². The quantitative estimate of drug-likeness (QED) is 0.721. The zero-order valence-corrected chi connectivity index (χ0v) is 15.1. The van der Waals surface area contributed by atoms with E-state index >= 15 is 0 Å². The van der Waals surface area contributed by atoms with Gasteiger partial charge in [0.2, 0.25) is 0 Å². The van der Waals surface area contributed by atoms with E-state index in [2.05, 4.69) is 19.2 Å². The molecular formula is C20H24F3N2O+. The van der Waals surface area contributed by atoms with Crippen LogP contribution in [0.3, 0.4) is 0 Å². The van der Waals surface area contributed by atoms with Crippen LogP contribution >= 0.6 is 0 Å². The molecule has 0 aliphatic rings. The highest BCUT2D eigenvalue weighted by Gasteiger charge is 2.25. The molecule has 1 amide bonds. The normalized spacial score (nSPS) is 13.5. The van der Waals surface area contributed by atoms with Crippen molar-refractivity contribution in [3.05, 3.63) is 65.5 Å². The monoisotopic (exact) mass is 365 g/mol. The largest absolute Gasteiger partial charge is 0.330 e. The molecule has 3 nitrogen and oxygen atoms in total. The van der Waals surface area contributed by atoms with E-state index in [9.17, 15) is 18.0 Å². The van der Waals surface area contributed by atoms with Crippen molar-refractivity contribution < 1.29 is 23.3 Å². The van der Waals surface area contributed by atoms with Crippen LogP contribution in [0.25, 0.3) is 0 Å². The average Bonchev–Trinajstić information content (AvgIpc) is 2.61. The lowest BCUT2D eigenvalue weighted by atomic mass is 9.96. The molecule has 0 aliphatic carbocycles. The number of amides is 1. The van der Waals surface area contributed by atoms with Crippen molar-refractivity contribution in [2.75, 3.05) is 5.32 Å². The van der Waals surface area contributed by atoms with E-state index < -0.39 is 29.4 Å². The third-order valence-corrected chi connectivity index (χ3v) is 4.18. The fourth-order valence-corrected chi connectivity index (χ4v) is 2.84. The van der Waals surface area contributed by atoms with Crippen LogP contribution in [0.2, 0.25) is 0 Å². The van der Waals surface area contributed by atoms with Gasteiger partial charge in [-0.1, -0.05) is 44.2 Å². The number of halogens is 3. The Balaban J connectivity index is 2.10. The smallest absolute Gasteiger partial charge is 0.282 e. The Morgan fingerprint density at radius 2 is 1.65 bits per heavy atom. The molecule has 0 aliphatic heterocycles. The molecule has 0 saturated heterocycles. The Kier molecular flexibility index (Phi) is 6.80. The van der Waals surface area contributed by atoms with E-state index in [1.54, 1.807) is 6.92 Å². The Morgan fingerprint density at radius 1 is 1.00 bits per heavy atom. The minimum absolute atomic E-state index is 0.0618. The molecule has 0 spiro atoms. The number of rotatable bonds is 7. The van der Waals surface area contributed by atoms with E-state index in [0.29, 0.717) is 5.92 Å². The minimum Gasteiger partial charge on any atom is -0.330 e. The number of benzene rings is 2. The molecule has 6 heteroatoms. The van der Waals surface area contributed by atoms with E-state index in [0.717, 1.165) is 24.1 Å². The summed E-state index contributed by atoms with van der Waals surface area (Å²) >= 11 is 0. The molecule has 3 N–H and O–H groups in total. The van der Waals surface area contributed by atoms with Crippen molar-refractivity contribution in [1.29, 1.82) is 0 Å². The highest BCUT2D eigenvalue weighted by Crippen LogP contribution is 2.20. The lowest BCUT2D eigenvalue weighted by Gasteiger charge is -2.22. The first kappa shape index (κ1) is 20.0. The van der Waals surface area contributed by atoms with Gasteiger partial charge in [-0.2, -0.15) is 0 Å². The average molecular weight is 365 g/mol. The Labute approximate surface area is 151 Å². The number of carbonyl (C=O) groups is 1. The van der Waals surface area contributed by atoms with E-state index in [1.165, 1.54) is 0 Å². The van der Waals surface area contributed by atoms with Gasteiger partial charge in [0, 0.05) is 12.0 Å². The van der Waals surface area contributed by atoms with Gasteiger partial charge in [0.25, 0.3) is 5.91 Å². The number of hydrogen-bond acceptors (Lipinski definition) is 1. The van der Waals surface area contributed by atoms with Crippen molar-refractivity contribution in [2.45, 2.75) is 39.3 Å². The van der Waals surface area contributed by atoms with Gasteiger partial charge < -0.3 is 10.6 Å². The second kappa shape index (κ2) is 8.85. The van der Waals surface area contributed by atoms with Crippen LogP contribution in [-0.4, -0.2) is 11.9 Å². The van der Waals surface area contributed by atoms with Gasteiger partial charge in [0.15, 0.2) is 23.5 Å². The molecule has 2 atom stereocenters. The van der Waals surface area contributed by atoms with E-state index in [4.69, 9.17) is 0 Å². The number of hydrogen-bond donors (Lipinski definition) is 2. The first-order valence-electron chi connectivity index (χ1n) is 8.64. The second-order valence-corrected chi connectivity index (χ2v) is 6.84. The van der Waals surface area contributed by atoms with Crippen LogP contribution < -0.4 is 10.6 Å². The lowest BCUT2D eigenvalue weighted by molar-refractivity contribution is -0.714. The summed E-state index contributed by atoms with van der Waals surface area (Å²) in [6.45, 7) is 5.90. The molecular weight excluding hydrogens is 341 g/mol. The lowest BCUT2D eigenvalue weighted by Crippen LogP contribution is -2.92. The third-order valence-electron chi connectivity index (χ3n) is 4.18. The summed E-state index contributed by atoms with van der Waals surface area (Å²) in [5.41, 5.74) is 0.731. The van der Waals surface area contributed by atoms with Crippen molar-refractivity contribution >= 4 is 11.6 Å². The molecule has 0 bridgehead atoms. The summed E-state index contributed by atoms with van der Waals surface area (Å²) in [6, 6.07) is 11.1. The molecule has 2 aromatic rings. The topological polar surface area (TPSA) is 45.7 Å². The first-order valence-corrected chi connectivity index (χ1v) is 8.64. The van der Waals surface area contributed by atoms with Gasteiger partial charge in [0.1, 0.15) is 6.04 Å². The van der Waals surface area contributed by atoms with Gasteiger partial charge in [-0.15, -0.1) is 0 Å². The van der Waals surface area contributed by atoms with Gasteiger partial charge >= 0.3 is 0 Å². The third kappa shape index (κ3) is 5.08. The van der Waals surface area contributed by atoms with Crippen molar-refractivity contribution in [1.82, 2.24) is 0 Å². The van der Waals surface area contributed by atoms with Crippen LogP contribution in [0.4, 0.5) is 18.9 Å². The van der Waals surface area contributed by atoms with Crippen molar-refractivity contribution in [3.63, 3.8) is 0 Å². The number of nitrogens with two attached hydrogens (primary N) is 1. The SMILES string of the molecule is CC(C)C[C@@H]([NH2+][C@H](C)C(=O)Nc1ccc(F)c(F)c1F)c1ccccc1. The second-order valence-electron chi connectivity index (χ2n) is 6.84. The Morgan fingerprint density at radius 3 is 2.27 bits per heavy atom. The Hall–Kier alpha value is -2.34. The maximum atomic E-state index is 13.7. The predicted molar refractivity (Wildman–Crippen MR) is 95.0 cm³/mol. The number of quaternary nitrogens is 1. The van der Waals surface area contributed by atoms with Gasteiger partial charge in [-0.05, 0) is 25.0 Å². The standard InChI is InChI=1S/C20H23F3N2O/c1-12(2)11-17(14-7-5-4-6-8-14)24-13(3)20(26)25-16-10-9-15(21)18(22)19(16)23/h4-10,12-13,17,24H,11H2,1-3H3,(H,25,26)/p+1/t13-,17-/m1/s1. The number of anilines is 1. The van der Waals surface area contributed by atoms with E-state index in [1.807, 2.05) is 35.6 Å². The molecule has 0 saturated carbocycles. The van der Waals surface area contributed by atoms with Crippen LogP contribution in [0.5, 0.6) is 0 Å². The Bertz CT molecular complexity index is 750. The zero-order chi connectivity index (χ0) is 19.3. The van der Waals surface area contributed by atoms with Crippen molar-refractivity contribution in [3.8, 4) is 0 Å². The molecule has 0 heterocycles. The molecule has 2 rings (SSSR count). The number of nitrogens with one attached hydrogen (secondary N) is 1. The summed E-state index contributed by atoms with van der Waals surface area (Å²) in [5, 5.41) is 4.24. The summed E-state index contributed by atoms with van der Waals surface area (Å²) in [7, 11) is 0. The van der Waals surface area contributed by atoms with Crippen LogP contribution in [0, 0.1) is 23.4 Å². The fourth-order valence-electron chi connectivity index (χ4n) is 2.84. The van der Waals surface area contributed by atoms with Gasteiger partial charge in [0.05, 0.1) is 5.69 Å².